The standard InChI is InChI=1S/C19H14F3N3O6/c1-27-7-6-15(26)30-16-17(28-2)23-10-24-18(16)29-12-5-3-4-11(8-12)13-9-14(25-31-13)19(20,21)22/h3-10H,1-2H3. The molecule has 0 atom stereocenters. The molecule has 0 aliphatic rings. The third-order valence-electron chi connectivity index (χ3n) is 3.61. The Morgan fingerprint density at radius 2 is 1.90 bits per heavy atom. The Morgan fingerprint density at radius 3 is 2.58 bits per heavy atom. The first-order valence-electron chi connectivity index (χ1n) is 8.44. The number of alkyl halides is 3. The normalized spacial score (nSPS) is 11.4. The molecule has 2 heterocycles. The van der Waals surface area contributed by atoms with Crippen molar-refractivity contribution in [1.29, 1.82) is 0 Å². The molecule has 0 spiro atoms. The van der Waals surface area contributed by atoms with Crippen molar-refractivity contribution in [3.8, 4) is 34.6 Å². The maximum atomic E-state index is 12.8. The SMILES string of the molecule is COC=CC(=O)Oc1c(OC)ncnc1Oc1cccc(-c2cc(C(F)(F)F)no2)c1. The predicted molar refractivity (Wildman–Crippen MR) is 97.4 cm³/mol. The van der Waals surface area contributed by atoms with E-state index in [9.17, 15) is 18.0 Å². The maximum absolute atomic E-state index is 12.8. The molecule has 0 bridgehead atoms. The monoisotopic (exact) mass is 437 g/mol. The zero-order valence-electron chi connectivity index (χ0n) is 16.0. The summed E-state index contributed by atoms with van der Waals surface area (Å²) in [4.78, 5) is 19.7. The largest absolute Gasteiger partial charge is 0.504 e. The Bertz CT molecular complexity index is 1100. The molecule has 0 aliphatic carbocycles. The average molecular weight is 437 g/mol. The predicted octanol–water partition coefficient (Wildman–Crippen LogP) is 4.02. The van der Waals surface area contributed by atoms with Gasteiger partial charge in [0.15, 0.2) is 11.5 Å². The van der Waals surface area contributed by atoms with Crippen LogP contribution in [0.4, 0.5) is 13.2 Å². The van der Waals surface area contributed by atoms with Gasteiger partial charge in [-0.25, -0.2) is 4.79 Å². The second-order valence-corrected chi connectivity index (χ2v) is 5.68. The van der Waals surface area contributed by atoms with Gasteiger partial charge in [-0.3, -0.25) is 0 Å². The molecule has 31 heavy (non-hydrogen) atoms. The van der Waals surface area contributed by atoms with Crippen LogP contribution < -0.4 is 14.2 Å². The lowest BCUT2D eigenvalue weighted by Crippen LogP contribution is -2.08. The van der Waals surface area contributed by atoms with E-state index >= 15 is 0 Å². The molecule has 2 aromatic heterocycles. The Balaban J connectivity index is 1.89. The van der Waals surface area contributed by atoms with Crippen LogP contribution in [0.1, 0.15) is 5.69 Å². The van der Waals surface area contributed by atoms with Gasteiger partial charge in [-0.1, -0.05) is 17.3 Å². The lowest BCUT2D eigenvalue weighted by atomic mass is 10.1. The highest BCUT2D eigenvalue weighted by atomic mass is 19.4. The van der Waals surface area contributed by atoms with E-state index in [0.29, 0.717) is 0 Å². The van der Waals surface area contributed by atoms with Crippen molar-refractivity contribution in [3.05, 3.63) is 54.7 Å². The number of carbonyl (C=O) groups excluding carboxylic acids is 1. The van der Waals surface area contributed by atoms with Crippen molar-refractivity contribution in [1.82, 2.24) is 15.1 Å². The van der Waals surface area contributed by atoms with Crippen molar-refractivity contribution >= 4 is 5.97 Å². The number of ether oxygens (including phenoxy) is 4. The zero-order chi connectivity index (χ0) is 22.4. The summed E-state index contributed by atoms with van der Waals surface area (Å²) in [7, 11) is 2.65. The first kappa shape index (κ1) is 21.6. The van der Waals surface area contributed by atoms with Crippen molar-refractivity contribution in [2.45, 2.75) is 6.18 Å². The van der Waals surface area contributed by atoms with Gasteiger partial charge >= 0.3 is 12.1 Å². The molecule has 0 fully saturated rings. The third kappa shape index (κ3) is 5.29. The molecule has 3 rings (SSSR count). The van der Waals surface area contributed by atoms with Gasteiger partial charge in [0.05, 0.1) is 26.6 Å². The number of hydrogen-bond acceptors (Lipinski definition) is 9. The first-order valence-corrected chi connectivity index (χ1v) is 8.44. The molecule has 0 saturated carbocycles. The van der Waals surface area contributed by atoms with Crippen LogP contribution in [-0.4, -0.2) is 35.3 Å². The van der Waals surface area contributed by atoms with E-state index in [1.54, 1.807) is 0 Å². The molecule has 0 aliphatic heterocycles. The molecular weight excluding hydrogens is 423 g/mol. The van der Waals surface area contributed by atoms with Crippen LogP contribution in [0.2, 0.25) is 0 Å². The maximum Gasteiger partial charge on any atom is 0.436 e. The van der Waals surface area contributed by atoms with Gasteiger partial charge in [0.1, 0.15) is 12.1 Å². The van der Waals surface area contributed by atoms with Gasteiger partial charge in [0, 0.05) is 11.6 Å². The highest BCUT2D eigenvalue weighted by Crippen LogP contribution is 2.37. The molecule has 0 N–H and O–H groups in total. The van der Waals surface area contributed by atoms with Crippen LogP contribution in [0.25, 0.3) is 11.3 Å². The lowest BCUT2D eigenvalue weighted by Gasteiger charge is -2.12. The molecule has 0 saturated heterocycles. The quantitative estimate of drug-likeness (QED) is 0.308. The number of hydrogen-bond donors (Lipinski definition) is 0. The van der Waals surface area contributed by atoms with E-state index < -0.39 is 17.8 Å². The van der Waals surface area contributed by atoms with E-state index in [2.05, 4.69) is 19.9 Å². The summed E-state index contributed by atoms with van der Waals surface area (Å²) >= 11 is 0. The molecule has 3 aromatic rings. The summed E-state index contributed by atoms with van der Waals surface area (Å²) in [6.07, 6.45) is -1.40. The summed E-state index contributed by atoms with van der Waals surface area (Å²) in [5, 5.41) is 3.02. The van der Waals surface area contributed by atoms with E-state index in [1.165, 1.54) is 38.5 Å². The van der Waals surface area contributed by atoms with Crippen LogP contribution in [0.5, 0.6) is 23.3 Å². The summed E-state index contributed by atoms with van der Waals surface area (Å²) in [6.45, 7) is 0. The summed E-state index contributed by atoms with van der Waals surface area (Å²) in [5.41, 5.74) is -0.893. The lowest BCUT2D eigenvalue weighted by molar-refractivity contribution is -0.142. The molecule has 1 aromatic carbocycles. The van der Waals surface area contributed by atoms with Gasteiger partial charge in [-0.05, 0) is 12.1 Å². The fourth-order valence-corrected chi connectivity index (χ4v) is 2.28. The van der Waals surface area contributed by atoms with Crippen molar-refractivity contribution < 1.29 is 41.4 Å². The van der Waals surface area contributed by atoms with Crippen molar-refractivity contribution in [3.63, 3.8) is 0 Å². The topological polar surface area (TPSA) is 106 Å². The highest BCUT2D eigenvalue weighted by Gasteiger charge is 2.35. The van der Waals surface area contributed by atoms with Gasteiger partial charge in [-0.2, -0.15) is 23.1 Å². The number of rotatable bonds is 7. The molecule has 0 unspecified atom stereocenters. The Morgan fingerprint density at radius 1 is 1.13 bits per heavy atom. The smallest absolute Gasteiger partial charge is 0.436 e. The Kier molecular flexibility index (Phi) is 6.38. The van der Waals surface area contributed by atoms with Crippen LogP contribution in [0.15, 0.2) is 53.5 Å². The summed E-state index contributed by atoms with van der Waals surface area (Å²) in [6, 6.07) is 6.69. The summed E-state index contributed by atoms with van der Waals surface area (Å²) in [5.74, 6) is -1.22. The van der Waals surface area contributed by atoms with Gasteiger partial charge in [0.25, 0.3) is 17.5 Å². The number of nitrogens with zero attached hydrogens (tertiary/aromatic N) is 3. The zero-order valence-corrected chi connectivity index (χ0v) is 16.0. The fraction of sp³-hybridized carbons (Fsp3) is 0.158. The van der Waals surface area contributed by atoms with Gasteiger partial charge in [-0.15, -0.1) is 0 Å². The van der Waals surface area contributed by atoms with Crippen LogP contribution in [0, 0.1) is 0 Å². The van der Waals surface area contributed by atoms with Crippen LogP contribution in [-0.2, 0) is 15.7 Å². The molecule has 0 amide bonds. The van der Waals surface area contributed by atoms with E-state index in [4.69, 9.17) is 18.7 Å². The number of aromatic nitrogens is 3. The van der Waals surface area contributed by atoms with Crippen LogP contribution >= 0.6 is 0 Å². The van der Waals surface area contributed by atoms with Crippen molar-refractivity contribution in [2.24, 2.45) is 0 Å². The molecule has 0 radical (unpaired) electrons. The van der Waals surface area contributed by atoms with Gasteiger partial charge in [0.2, 0.25) is 0 Å². The van der Waals surface area contributed by atoms with E-state index in [0.717, 1.165) is 24.7 Å². The molecule has 162 valence electrons. The highest BCUT2D eigenvalue weighted by molar-refractivity contribution is 5.84. The number of methoxy groups -OCH3 is 2. The van der Waals surface area contributed by atoms with E-state index in [-0.39, 0.29) is 34.6 Å². The second kappa shape index (κ2) is 9.15. The Labute approximate surface area is 173 Å². The minimum absolute atomic E-state index is 0.0784. The minimum atomic E-state index is -4.64. The fourth-order valence-electron chi connectivity index (χ4n) is 2.28. The second-order valence-electron chi connectivity index (χ2n) is 5.68. The van der Waals surface area contributed by atoms with E-state index in [1.807, 2.05) is 0 Å². The molecule has 12 heteroatoms. The number of esters is 1. The van der Waals surface area contributed by atoms with Gasteiger partial charge < -0.3 is 23.5 Å². The average Bonchev–Trinajstić information content (AvgIpc) is 3.25. The number of benzene rings is 1. The number of carbonyl (C=O) groups is 1. The third-order valence-corrected chi connectivity index (χ3v) is 3.61. The Hall–Kier alpha value is -4.09. The number of halogens is 3. The van der Waals surface area contributed by atoms with Crippen molar-refractivity contribution in [2.75, 3.05) is 14.2 Å². The van der Waals surface area contributed by atoms with Crippen LogP contribution in [0.3, 0.4) is 0 Å². The first-order chi connectivity index (χ1) is 14.8. The minimum Gasteiger partial charge on any atom is -0.504 e. The molecule has 9 nitrogen and oxygen atoms in total. The molecular formula is C19H14F3N3O6. The summed E-state index contributed by atoms with van der Waals surface area (Å²) < 4.78 is 63.6.